The third kappa shape index (κ3) is 2.44. The van der Waals surface area contributed by atoms with Crippen LogP contribution in [0.1, 0.15) is 20.3 Å². The van der Waals surface area contributed by atoms with E-state index in [1.54, 1.807) is 6.92 Å². The summed E-state index contributed by atoms with van der Waals surface area (Å²) in [5.41, 5.74) is -1.16. The first-order valence-corrected chi connectivity index (χ1v) is 5.61. The lowest BCUT2D eigenvalue weighted by atomic mass is 9.73. The van der Waals surface area contributed by atoms with Gasteiger partial charge in [0.05, 0.1) is 24.2 Å². The second kappa shape index (κ2) is 5.30. The summed E-state index contributed by atoms with van der Waals surface area (Å²) in [4.78, 5) is 11.2. The molecule has 0 bridgehead atoms. The maximum atomic E-state index is 11.2. The van der Waals surface area contributed by atoms with E-state index in [0.717, 1.165) is 0 Å². The molecule has 5 unspecified atom stereocenters. The van der Waals surface area contributed by atoms with Gasteiger partial charge in [0.15, 0.2) is 6.10 Å². The summed E-state index contributed by atoms with van der Waals surface area (Å²) < 4.78 is 10.3. The van der Waals surface area contributed by atoms with Gasteiger partial charge in [-0.1, -0.05) is 13.8 Å². The molecule has 0 aromatic carbocycles. The molecule has 1 fully saturated rings. The summed E-state index contributed by atoms with van der Waals surface area (Å²) in [6.07, 6.45) is -3.72. The van der Waals surface area contributed by atoms with Gasteiger partial charge in [0.2, 0.25) is 0 Å². The maximum absolute atomic E-state index is 11.2. The molecule has 0 amide bonds. The highest BCUT2D eigenvalue weighted by Gasteiger charge is 2.55. The van der Waals surface area contributed by atoms with Crippen molar-refractivity contribution < 1.29 is 29.6 Å². The van der Waals surface area contributed by atoms with Crippen LogP contribution in [0.25, 0.3) is 0 Å². The Morgan fingerprint density at radius 2 is 2.06 bits per heavy atom. The number of carboxylic acid groups (broad SMARTS) is 1. The van der Waals surface area contributed by atoms with Crippen molar-refractivity contribution in [3.8, 4) is 0 Å². The van der Waals surface area contributed by atoms with Crippen LogP contribution in [0.2, 0.25) is 0 Å². The van der Waals surface area contributed by atoms with Gasteiger partial charge in [-0.2, -0.15) is 0 Å². The highest BCUT2D eigenvalue weighted by Crippen LogP contribution is 2.38. The van der Waals surface area contributed by atoms with Crippen LogP contribution in [0.4, 0.5) is 0 Å². The summed E-state index contributed by atoms with van der Waals surface area (Å²) in [5, 5.41) is 29.1. The van der Waals surface area contributed by atoms with E-state index in [9.17, 15) is 15.0 Å². The van der Waals surface area contributed by atoms with Crippen molar-refractivity contribution >= 4 is 5.97 Å². The molecule has 1 aliphatic rings. The van der Waals surface area contributed by atoms with Gasteiger partial charge in [-0.3, -0.25) is 0 Å². The summed E-state index contributed by atoms with van der Waals surface area (Å²) in [5.74, 6) is -1.16. The smallest absolute Gasteiger partial charge is 0.333 e. The van der Waals surface area contributed by atoms with E-state index in [1.165, 1.54) is 14.0 Å². The fourth-order valence-corrected chi connectivity index (χ4v) is 2.31. The van der Waals surface area contributed by atoms with E-state index in [-0.39, 0.29) is 6.61 Å². The number of carbonyl (C=O) groups is 1. The normalized spacial score (nSPS) is 42.4. The van der Waals surface area contributed by atoms with Crippen LogP contribution in [-0.2, 0) is 14.3 Å². The molecular formula is C11H20O6. The van der Waals surface area contributed by atoms with Crippen LogP contribution >= 0.6 is 0 Å². The lowest BCUT2D eigenvalue weighted by molar-refractivity contribution is -0.248. The van der Waals surface area contributed by atoms with Crippen molar-refractivity contribution in [2.45, 2.75) is 44.7 Å². The molecule has 1 heterocycles. The monoisotopic (exact) mass is 248 g/mol. The Morgan fingerprint density at radius 3 is 2.47 bits per heavy atom. The highest BCUT2D eigenvalue weighted by molar-refractivity contribution is 5.74. The van der Waals surface area contributed by atoms with Crippen LogP contribution in [-0.4, -0.2) is 59.4 Å². The summed E-state index contributed by atoms with van der Waals surface area (Å²) >= 11 is 0. The fourth-order valence-electron chi connectivity index (χ4n) is 2.31. The SMILES string of the molecule is CCC1OC(C(=O)O)C(C)(COC)C(O)C1O. The molecule has 0 aliphatic carbocycles. The van der Waals surface area contributed by atoms with Crippen LogP contribution in [0.15, 0.2) is 0 Å². The fraction of sp³-hybridized carbons (Fsp3) is 0.909. The summed E-state index contributed by atoms with van der Waals surface area (Å²) in [6.45, 7) is 3.30. The average molecular weight is 248 g/mol. The first-order chi connectivity index (χ1) is 7.88. The van der Waals surface area contributed by atoms with Gasteiger partial charge in [-0.05, 0) is 6.42 Å². The molecule has 1 aliphatic heterocycles. The largest absolute Gasteiger partial charge is 0.479 e. The van der Waals surface area contributed by atoms with Gasteiger partial charge in [-0.15, -0.1) is 0 Å². The van der Waals surface area contributed by atoms with Crippen LogP contribution in [0.3, 0.4) is 0 Å². The lowest BCUT2D eigenvalue weighted by Gasteiger charge is -2.47. The van der Waals surface area contributed by atoms with Gasteiger partial charge < -0.3 is 24.8 Å². The Hall–Kier alpha value is -0.690. The van der Waals surface area contributed by atoms with Crippen molar-refractivity contribution in [2.24, 2.45) is 5.41 Å². The van der Waals surface area contributed by atoms with E-state index in [4.69, 9.17) is 14.6 Å². The van der Waals surface area contributed by atoms with Crippen LogP contribution in [0, 0.1) is 5.41 Å². The number of aliphatic carboxylic acids is 1. The Balaban J connectivity index is 3.03. The molecule has 1 rings (SSSR count). The van der Waals surface area contributed by atoms with E-state index in [0.29, 0.717) is 6.42 Å². The summed E-state index contributed by atoms with van der Waals surface area (Å²) in [7, 11) is 1.41. The van der Waals surface area contributed by atoms with Crippen LogP contribution < -0.4 is 0 Å². The quantitative estimate of drug-likeness (QED) is 0.628. The standard InChI is InChI=1S/C11H20O6/c1-4-6-7(12)8(13)11(2,5-16-3)9(17-6)10(14)15/h6-9,12-13H,4-5H2,1-3H3,(H,14,15). The molecule has 5 atom stereocenters. The Kier molecular flexibility index (Phi) is 4.48. The van der Waals surface area contributed by atoms with Gasteiger partial charge in [-0.25, -0.2) is 4.79 Å². The number of aliphatic hydroxyl groups is 2. The second-order valence-electron chi connectivity index (χ2n) is 4.68. The van der Waals surface area contributed by atoms with E-state index < -0.39 is 35.8 Å². The molecular weight excluding hydrogens is 228 g/mol. The molecule has 17 heavy (non-hydrogen) atoms. The topological polar surface area (TPSA) is 96.2 Å². The minimum Gasteiger partial charge on any atom is -0.479 e. The van der Waals surface area contributed by atoms with Gasteiger partial charge in [0.1, 0.15) is 6.10 Å². The summed E-state index contributed by atoms with van der Waals surface area (Å²) in [6, 6.07) is 0. The zero-order valence-corrected chi connectivity index (χ0v) is 10.3. The van der Waals surface area contributed by atoms with E-state index in [1.807, 2.05) is 0 Å². The third-order valence-corrected chi connectivity index (χ3v) is 3.37. The number of methoxy groups -OCH3 is 1. The Labute approximate surface area is 100 Å². The van der Waals surface area contributed by atoms with Crippen molar-refractivity contribution in [2.75, 3.05) is 13.7 Å². The molecule has 1 saturated heterocycles. The zero-order valence-electron chi connectivity index (χ0n) is 10.3. The number of hydrogen-bond donors (Lipinski definition) is 3. The zero-order chi connectivity index (χ0) is 13.2. The molecule has 0 aromatic heterocycles. The minimum atomic E-state index is -1.19. The van der Waals surface area contributed by atoms with Gasteiger partial charge >= 0.3 is 5.97 Å². The minimum absolute atomic E-state index is 0.00136. The van der Waals surface area contributed by atoms with E-state index in [2.05, 4.69) is 0 Å². The second-order valence-corrected chi connectivity index (χ2v) is 4.68. The molecule has 0 saturated carbocycles. The first kappa shape index (κ1) is 14.4. The van der Waals surface area contributed by atoms with Gasteiger partial charge in [0, 0.05) is 7.11 Å². The Morgan fingerprint density at radius 1 is 1.47 bits per heavy atom. The van der Waals surface area contributed by atoms with Gasteiger partial charge in [0.25, 0.3) is 0 Å². The first-order valence-electron chi connectivity index (χ1n) is 5.61. The molecule has 0 aromatic rings. The number of ether oxygens (including phenoxy) is 2. The van der Waals surface area contributed by atoms with Crippen LogP contribution in [0.5, 0.6) is 0 Å². The molecule has 6 nitrogen and oxygen atoms in total. The predicted octanol–water partition coefficient (Wildman–Crippen LogP) is -0.377. The molecule has 3 N–H and O–H groups in total. The molecule has 0 spiro atoms. The Bertz CT molecular complexity index is 281. The maximum Gasteiger partial charge on any atom is 0.333 e. The number of hydrogen-bond acceptors (Lipinski definition) is 5. The average Bonchev–Trinajstić information content (AvgIpc) is 2.26. The lowest BCUT2D eigenvalue weighted by Crippen LogP contribution is -2.63. The van der Waals surface area contributed by atoms with Crippen molar-refractivity contribution in [1.29, 1.82) is 0 Å². The molecule has 0 radical (unpaired) electrons. The predicted molar refractivity (Wildman–Crippen MR) is 58.6 cm³/mol. The third-order valence-electron chi connectivity index (χ3n) is 3.37. The highest BCUT2D eigenvalue weighted by atomic mass is 16.5. The number of aliphatic hydroxyl groups excluding tert-OH is 2. The van der Waals surface area contributed by atoms with Crippen molar-refractivity contribution in [3.05, 3.63) is 0 Å². The number of carboxylic acids is 1. The number of rotatable bonds is 4. The van der Waals surface area contributed by atoms with Crippen molar-refractivity contribution in [1.82, 2.24) is 0 Å². The molecule has 6 heteroatoms. The molecule has 100 valence electrons. The van der Waals surface area contributed by atoms with E-state index >= 15 is 0 Å². The van der Waals surface area contributed by atoms with Crippen molar-refractivity contribution in [3.63, 3.8) is 0 Å².